The molecule has 5 nitrogen and oxygen atoms in total. The SMILES string of the molecule is CCc1ccc(C=NN2CCN(C3c4ccccc4C=C(C#N)c4ccccc43)CC2)nc1. The highest BCUT2D eigenvalue weighted by atomic mass is 15.5. The minimum atomic E-state index is 0.119. The van der Waals surface area contributed by atoms with Crippen molar-refractivity contribution in [2.24, 2.45) is 5.10 Å². The maximum Gasteiger partial charge on any atom is 0.0998 e. The van der Waals surface area contributed by atoms with Crippen LogP contribution in [-0.4, -0.2) is 47.3 Å². The van der Waals surface area contributed by atoms with Crippen LogP contribution in [0.1, 0.15) is 46.5 Å². The number of rotatable bonds is 4. The lowest BCUT2D eigenvalue weighted by molar-refractivity contribution is 0.112. The van der Waals surface area contributed by atoms with Gasteiger partial charge in [0.05, 0.1) is 29.6 Å². The summed E-state index contributed by atoms with van der Waals surface area (Å²) < 4.78 is 0. The minimum Gasteiger partial charge on any atom is -0.294 e. The van der Waals surface area contributed by atoms with E-state index in [1.807, 2.05) is 36.7 Å². The maximum absolute atomic E-state index is 9.84. The number of hydrogen-bond donors (Lipinski definition) is 0. The third-order valence-electron chi connectivity index (χ3n) is 6.52. The fourth-order valence-electron chi connectivity index (χ4n) is 4.71. The van der Waals surface area contributed by atoms with Gasteiger partial charge in [0.15, 0.2) is 0 Å². The third-order valence-corrected chi connectivity index (χ3v) is 6.52. The van der Waals surface area contributed by atoms with E-state index in [0.29, 0.717) is 0 Å². The summed E-state index contributed by atoms with van der Waals surface area (Å²) in [4.78, 5) is 7.00. The molecule has 33 heavy (non-hydrogen) atoms. The molecule has 0 saturated carbocycles. The molecule has 1 aliphatic heterocycles. The van der Waals surface area contributed by atoms with Gasteiger partial charge in [-0.25, -0.2) is 0 Å². The first-order chi connectivity index (χ1) is 16.3. The predicted molar refractivity (Wildman–Crippen MR) is 133 cm³/mol. The van der Waals surface area contributed by atoms with Crippen LogP contribution in [0, 0.1) is 11.3 Å². The number of hydrazone groups is 1. The second kappa shape index (κ2) is 9.40. The van der Waals surface area contributed by atoms with Crippen molar-refractivity contribution >= 4 is 17.9 Å². The number of piperazine rings is 1. The zero-order valence-corrected chi connectivity index (χ0v) is 18.9. The van der Waals surface area contributed by atoms with Gasteiger partial charge < -0.3 is 0 Å². The molecule has 2 aromatic carbocycles. The number of benzene rings is 2. The summed E-state index contributed by atoms with van der Waals surface area (Å²) in [6.45, 7) is 5.63. The van der Waals surface area contributed by atoms with E-state index in [-0.39, 0.29) is 6.04 Å². The zero-order chi connectivity index (χ0) is 22.6. The van der Waals surface area contributed by atoms with Gasteiger partial charge >= 0.3 is 0 Å². The van der Waals surface area contributed by atoms with E-state index < -0.39 is 0 Å². The molecule has 0 bridgehead atoms. The van der Waals surface area contributed by atoms with Crippen LogP contribution >= 0.6 is 0 Å². The fourth-order valence-corrected chi connectivity index (χ4v) is 4.71. The second-order valence-electron chi connectivity index (χ2n) is 8.47. The number of allylic oxidation sites excluding steroid dienone is 1. The number of aromatic nitrogens is 1. The first kappa shape index (κ1) is 21.1. The summed E-state index contributed by atoms with van der Waals surface area (Å²) >= 11 is 0. The molecule has 2 aliphatic rings. The van der Waals surface area contributed by atoms with Gasteiger partial charge in [-0.3, -0.25) is 14.9 Å². The number of fused-ring (bicyclic) bond motifs is 2. The van der Waals surface area contributed by atoms with Gasteiger partial charge in [-0.15, -0.1) is 0 Å². The Morgan fingerprint density at radius 2 is 1.76 bits per heavy atom. The van der Waals surface area contributed by atoms with Crippen LogP contribution in [0.3, 0.4) is 0 Å². The molecule has 0 spiro atoms. The van der Waals surface area contributed by atoms with Crippen LogP contribution in [-0.2, 0) is 6.42 Å². The summed E-state index contributed by atoms with van der Waals surface area (Å²) in [6.07, 6.45) is 6.80. The Labute approximate surface area is 195 Å². The molecule has 0 N–H and O–H groups in total. The molecule has 5 rings (SSSR count). The van der Waals surface area contributed by atoms with Crippen molar-refractivity contribution in [1.82, 2.24) is 14.9 Å². The van der Waals surface area contributed by atoms with Crippen molar-refractivity contribution in [2.45, 2.75) is 19.4 Å². The summed E-state index contributed by atoms with van der Waals surface area (Å²) in [5.74, 6) is 0. The normalized spacial score (nSPS) is 18.2. The van der Waals surface area contributed by atoms with Gasteiger partial charge in [-0.05, 0) is 46.4 Å². The summed E-state index contributed by atoms with van der Waals surface area (Å²) in [6, 6.07) is 23.5. The third kappa shape index (κ3) is 4.30. The lowest BCUT2D eigenvalue weighted by Crippen LogP contribution is -2.46. The van der Waals surface area contributed by atoms with E-state index in [2.05, 4.69) is 75.5 Å². The van der Waals surface area contributed by atoms with Crippen LogP contribution in [0.2, 0.25) is 0 Å². The van der Waals surface area contributed by atoms with Crippen LogP contribution in [0.25, 0.3) is 11.6 Å². The Morgan fingerprint density at radius 1 is 1.00 bits per heavy atom. The molecule has 1 fully saturated rings. The summed E-state index contributed by atoms with van der Waals surface area (Å²) in [5.41, 5.74) is 7.46. The Hall–Kier alpha value is -3.75. The molecular weight excluding hydrogens is 406 g/mol. The van der Waals surface area contributed by atoms with Crippen molar-refractivity contribution in [3.63, 3.8) is 0 Å². The van der Waals surface area contributed by atoms with Crippen LogP contribution in [0.4, 0.5) is 0 Å². The molecule has 0 radical (unpaired) electrons. The Balaban J connectivity index is 1.38. The van der Waals surface area contributed by atoms with Crippen LogP contribution in [0.5, 0.6) is 0 Å². The summed E-state index contributed by atoms with van der Waals surface area (Å²) in [7, 11) is 0. The van der Waals surface area contributed by atoms with E-state index in [9.17, 15) is 5.26 Å². The van der Waals surface area contributed by atoms with Crippen molar-refractivity contribution in [3.05, 3.63) is 100 Å². The Bertz CT molecular complexity index is 1230. The molecule has 1 aliphatic carbocycles. The average molecular weight is 434 g/mol. The number of aryl methyl sites for hydroxylation is 1. The highest BCUT2D eigenvalue weighted by molar-refractivity contribution is 5.93. The molecule has 164 valence electrons. The quantitative estimate of drug-likeness (QED) is 0.557. The molecule has 1 unspecified atom stereocenters. The van der Waals surface area contributed by atoms with E-state index >= 15 is 0 Å². The van der Waals surface area contributed by atoms with Crippen molar-refractivity contribution < 1.29 is 0 Å². The average Bonchev–Trinajstić information content (AvgIpc) is 3.02. The van der Waals surface area contributed by atoms with Gasteiger partial charge in [-0.1, -0.05) is 61.5 Å². The number of hydrogen-bond acceptors (Lipinski definition) is 5. The molecule has 1 aromatic heterocycles. The highest BCUT2D eigenvalue weighted by Crippen LogP contribution is 2.39. The molecule has 1 saturated heterocycles. The molecule has 5 heteroatoms. The second-order valence-corrected chi connectivity index (χ2v) is 8.47. The smallest absolute Gasteiger partial charge is 0.0998 e. The van der Waals surface area contributed by atoms with E-state index in [1.54, 1.807) is 0 Å². The van der Waals surface area contributed by atoms with Gasteiger partial charge in [0, 0.05) is 32.4 Å². The number of pyridine rings is 1. The Morgan fingerprint density at radius 3 is 2.48 bits per heavy atom. The van der Waals surface area contributed by atoms with Crippen molar-refractivity contribution in [2.75, 3.05) is 26.2 Å². The number of nitrogens with zero attached hydrogens (tertiary/aromatic N) is 5. The monoisotopic (exact) mass is 433 g/mol. The molecular formula is C28H27N5. The van der Waals surface area contributed by atoms with Gasteiger partial charge in [0.25, 0.3) is 0 Å². The standard InChI is InChI=1S/C28H27N5/c1-2-21-11-12-24(30-19-21)20-31-33-15-13-32(14-16-33)28-26-9-4-3-7-22(26)17-23(18-29)25-8-5-6-10-27(25)28/h3-12,17,19-20,28H,2,13-16H2,1H3. The molecule has 0 amide bonds. The predicted octanol–water partition coefficient (Wildman–Crippen LogP) is 4.76. The lowest BCUT2D eigenvalue weighted by atomic mass is 9.91. The Kier molecular flexibility index (Phi) is 6.01. The highest BCUT2D eigenvalue weighted by Gasteiger charge is 2.31. The first-order valence-corrected chi connectivity index (χ1v) is 11.5. The van der Waals surface area contributed by atoms with Crippen LogP contribution in [0.15, 0.2) is 72.0 Å². The van der Waals surface area contributed by atoms with Crippen molar-refractivity contribution in [1.29, 1.82) is 5.26 Å². The topological polar surface area (TPSA) is 55.5 Å². The van der Waals surface area contributed by atoms with Crippen molar-refractivity contribution in [3.8, 4) is 6.07 Å². The molecule has 3 aromatic rings. The largest absolute Gasteiger partial charge is 0.294 e. The zero-order valence-electron chi connectivity index (χ0n) is 18.9. The fraction of sp³-hybridized carbons (Fsp3) is 0.250. The molecule has 1 atom stereocenters. The first-order valence-electron chi connectivity index (χ1n) is 11.5. The summed E-state index contributed by atoms with van der Waals surface area (Å²) in [5, 5.41) is 16.7. The number of nitriles is 1. The van der Waals surface area contributed by atoms with Gasteiger partial charge in [-0.2, -0.15) is 10.4 Å². The minimum absolute atomic E-state index is 0.119. The van der Waals surface area contributed by atoms with Gasteiger partial charge in [0.1, 0.15) is 0 Å². The van der Waals surface area contributed by atoms with E-state index in [1.165, 1.54) is 16.7 Å². The van der Waals surface area contributed by atoms with Crippen LogP contribution < -0.4 is 0 Å². The molecule has 2 heterocycles. The van der Waals surface area contributed by atoms with E-state index in [4.69, 9.17) is 0 Å². The maximum atomic E-state index is 9.84. The lowest BCUT2D eigenvalue weighted by Gasteiger charge is -2.39. The van der Waals surface area contributed by atoms with Gasteiger partial charge in [0.2, 0.25) is 0 Å². The van der Waals surface area contributed by atoms with E-state index in [0.717, 1.165) is 55.0 Å².